The van der Waals surface area contributed by atoms with Crippen molar-refractivity contribution in [3.8, 4) is 6.07 Å². The van der Waals surface area contributed by atoms with Gasteiger partial charge in [-0.25, -0.2) is 0 Å². The predicted octanol–water partition coefficient (Wildman–Crippen LogP) is 3.66. The smallest absolute Gasteiger partial charge is 0.235 e. The molecular formula is C15H13N2OS2. The van der Waals surface area contributed by atoms with Gasteiger partial charge in [0.2, 0.25) is 5.91 Å². The Bertz CT molecular complexity index is 657. The highest BCUT2D eigenvalue weighted by molar-refractivity contribution is 7.81. The van der Waals surface area contributed by atoms with Crippen LogP contribution in [0.2, 0.25) is 0 Å². The molecule has 1 amide bonds. The summed E-state index contributed by atoms with van der Waals surface area (Å²) in [6.45, 7) is 1.91. The quantitative estimate of drug-likeness (QED) is 0.937. The molecule has 0 spiro atoms. The van der Waals surface area contributed by atoms with Gasteiger partial charge in [0.15, 0.2) is 0 Å². The van der Waals surface area contributed by atoms with Gasteiger partial charge in [0.05, 0.1) is 11.3 Å². The second-order valence-corrected chi connectivity index (χ2v) is 5.71. The molecule has 2 aromatic rings. The summed E-state index contributed by atoms with van der Waals surface area (Å²) in [6.07, 6.45) is 0.760. The molecule has 0 saturated heterocycles. The summed E-state index contributed by atoms with van der Waals surface area (Å²) in [7, 11) is 0. The number of carbonyl (C=O) groups excluding carboxylic acids is 1. The molecule has 3 nitrogen and oxygen atoms in total. The fraction of sp³-hybridized carbons (Fsp3) is 0.200. The zero-order valence-electron chi connectivity index (χ0n) is 11.0. The molecule has 101 valence electrons. The number of nitrogens with one attached hydrogen (secondary N) is 1. The maximum absolute atomic E-state index is 11.4. The second kappa shape index (κ2) is 6.60. The summed E-state index contributed by atoms with van der Waals surface area (Å²) >= 11 is 6.16. The SMILES string of the molecule is Cc1c(Cc2ccccc2)sc(NC(=O)C[S])c1C#N. The average molecular weight is 301 g/mol. The molecule has 0 unspecified atom stereocenters. The van der Waals surface area contributed by atoms with E-state index in [2.05, 4.69) is 11.4 Å². The number of hydrogen-bond donors (Lipinski definition) is 1. The summed E-state index contributed by atoms with van der Waals surface area (Å²) in [5.41, 5.74) is 2.65. The van der Waals surface area contributed by atoms with E-state index < -0.39 is 0 Å². The van der Waals surface area contributed by atoms with Gasteiger partial charge in [-0.05, 0) is 18.1 Å². The molecule has 0 bridgehead atoms. The van der Waals surface area contributed by atoms with Crippen LogP contribution >= 0.6 is 24.0 Å². The van der Waals surface area contributed by atoms with Gasteiger partial charge in [-0.15, -0.1) is 11.3 Å². The molecule has 0 fully saturated rings. The van der Waals surface area contributed by atoms with E-state index in [9.17, 15) is 10.1 Å². The van der Waals surface area contributed by atoms with Crippen LogP contribution in [0.25, 0.3) is 0 Å². The number of rotatable bonds is 4. The Morgan fingerprint density at radius 2 is 2.10 bits per heavy atom. The van der Waals surface area contributed by atoms with Crippen molar-refractivity contribution in [3.63, 3.8) is 0 Å². The molecule has 20 heavy (non-hydrogen) atoms. The van der Waals surface area contributed by atoms with Crippen LogP contribution in [0.1, 0.15) is 21.6 Å². The molecule has 1 aromatic heterocycles. The van der Waals surface area contributed by atoms with Crippen molar-refractivity contribution < 1.29 is 4.79 Å². The number of nitriles is 1. The molecule has 0 aliphatic carbocycles. The van der Waals surface area contributed by atoms with Crippen molar-refractivity contribution in [1.29, 1.82) is 5.26 Å². The van der Waals surface area contributed by atoms with Gasteiger partial charge in [-0.2, -0.15) is 5.26 Å². The van der Waals surface area contributed by atoms with Crippen molar-refractivity contribution >= 4 is 34.9 Å². The summed E-state index contributed by atoms with van der Waals surface area (Å²) in [5, 5.41) is 12.6. The lowest BCUT2D eigenvalue weighted by Crippen LogP contribution is -2.12. The first-order valence-electron chi connectivity index (χ1n) is 6.10. The van der Waals surface area contributed by atoms with Crippen molar-refractivity contribution in [3.05, 3.63) is 51.9 Å². The minimum atomic E-state index is -0.246. The largest absolute Gasteiger partial charge is 0.316 e. The molecule has 0 saturated carbocycles. The monoisotopic (exact) mass is 301 g/mol. The third-order valence-electron chi connectivity index (χ3n) is 2.95. The fourth-order valence-electron chi connectivity index (χ4n) is 1.90. The Morgan fingerprint density at radius 1 is 1.40 bits per heavy atom. The van der Waals surface area contributed by atoms with Crippen molar-refractivity contribution in [1.82, 2.24) is 0 Å². The lowest BCUT2D eigenvalue weighted by Gasteiger charge is -1.99. The zero-order valence-corrected chi connectivity index (χ0v) is 12.6. The Balaban J connectivity index is 2.31. The predicted molar refractivity (Wildman–Crippen MR) is 84.1 cm³/mol. The van der Waals surface area contributed by atoms with Gasteiger partial charge >= 0.3 is 0 Å². The normalized spacial score (nSPS) is 10.1. The van der Waals surface area contributed by atoms with E-state index in [0.717, 1.165) is 16.9 Å². The van der Waals surface area contributed by atoms with Crippen LogP contribution in [-0.2, 0) is 11.2 Å². The van der Waals surface area contributed by atoms with Gasteiger partial charge in [-0.1, -0.05) is 43.0 Å². The zero-order chi connectivity index (χ0) is 14.5. The van der Waals surface area contributed by atoms with E-state index in [1.807, 2.05) is 37.3 Å². The second-order valence-electron chi connectivity index (χ2n) is 4.32. The average Bonchev–Trinajstić information content (AvgIpc) is 2.75. The Morgan fingerprint density at radius 3 is 2.70 bits per heavy atom. The van der Waals surface area contributed by atoms with Crippen molar-refractivity contribution in [2.45, 2.75) is 13.3 Å². The lowest BCUT2D eigenvalue weighted by atomic mass is 10.1. The van der Waals surface area contributed by atoms with Crippen LogP contribution in [-0.4, -0.2) is 11.7 Å². The summed E-state index contributed by atoms with van der Waals surface area (Å²) in [6, 6.07) is 12.2. The molecule has 0 aliphatic heterocycles. The molecule has 0 aliphatic rings. The third kappa shape index (κ3) is 3.21. The molecule has 1 aromatic carbocycles. The van der Waals surface area contributed by atoms with Crippen LogP contribution < -0.4 is 5.32 Å². The number of anilines is 1. The number of benzene rings is 1. The summed E-state index contributed by atoms with van der Waals surface area (Å²) in [4.78, 5) is 12.5. The van der Waals surface area contributed by atoms with E-state index in [0.29, 0.717) is 10.6 Å². The summed E-state index contributed by atoms with van der Waals surface area (Å²) in [5.74, 6) is -0.250. The molecule has 5 heteroatoms. The van der Waals surface area contributed by atoms with Crippen LogP contribution in [0.3, 0.4) is 0 Å². The van der Waals surface area contributed by atoms with Gasteiger partial charge in [0.25, 0.3) is 0 Å². The highest BCUT2D eigenvalue weighted by atomic mass is 32.1. The highest BCUT2D eigenvalue weighted by Crippen LogP contribution is 2.33. The topological polar surface area (TPSA) is 52.9 Å². The highest BCUT2D eigenvalue weighted by Gasteiger charge is 2.16. The van der Waals surface area contributed by atoms with Crippen LogP contribution in [0, 0.1) is 18.3 Å². The molecule has 1 heterocycles. The first-order valence-corrected chi connectivity index (χ1v) is 7.49. The number of nitrogens with zero attached hydrogens (tertiary/aromatic N) is 1. The van der Waals surface area contributed by atoms with E-state index >= 15 is 0 Å². The number of thiophene rings is 1. The third-order valence-corrected chi connectivity index (χ3v) is 4.42. The lowest BCUT2D eigenvalue weighted by molar-refractivity contribution is -0.113. The molecule has 0 atom stereocenters. The van der Waals surface area contributed by atoms with Crippen molar-refractivity contribution in [2.24, 2.45) is 0 Å². The standard InChI is InChI=1S/C15H13N2OS2/c1-10-12(8-16)15(17-14(18)9-19)20-13(10)7-11-5-3-2-4-6-11/h2-6H,7,9H2,1H3,(H,17,18). The molecular weight excluding hydrogens is 288 g/mol. The van der Waals surface area contributed by atoms with Crippen molar-refractivity contribution in [2.75, 3.05) is 11.1 Å². The van der Waals surface area contributed by atoms with Crippen LogP contribution in [0.5, 0.6) is 0 Å². The molecule has 1 radical (unpaired) electrons. The molecule has 1 N–H and O–H groups in total. The fourth-order valence-corrected chi connectivity index (χ4v) is 3.17. The Kier molecular flexibility index (Phi) is 4.83. The first kappa shape index (κ1) is 14.6. The number of hydrogen-bond acceptors (Lipinski definition) is 3. The first-order chi connectivity index (χ1) is 9.65. The minimum Gasteiger partial charge on any atom is -0.316 e. The van der Waals surface area contributed by atoms with Gasteiger partial charge in [0.1, 0.15) is 11.1 Å². The van der Waals surface area contributed by atoms with E-state index in [1.54, 1.807) is 0 Å². The minimum absolute atomic E-state index is 0.00413. The van der Waals surface area contributed by atoms with E-state index in [-0.39, 0.29) is 11.7 Å². The van der Waals surface area contributed by atoms with Gasteiger partial charge in [-0.3, -0.25) is 4.79 Å². The van der Waals surface area contributed by atoms with Crippen LogP contribution in [0.4, 0.5) is 5.00 Å². The maximum atomic E-state index is 11.4. The number of carbonyl (C=O) groups is 1. The Hall–Kier alpha value is -1.77. The van der Waals surface area contributed by atoms with Gasteiger partial charge < -0.3 is 5.32 Å². The van der Waals surface area contributed by atoms with E-state index in [4.69, 9.17) is 12.6 Å². The van der Waals surface area contributed by atoms with Crippen LogP contribution in [0.15, 0.2) is 30.3 Å². The number of amides is 1. The maximum Gasteiger partial charge on any atom is 0.235 e. The van der Waals surface area contributed by atoms with Gasteiger partial charge in [0, 0.05) is 11.3 Å². The Labute approximate surface area is 127 Å². The summed E-state index contributed by atoms with van der Waals surface area (Å²) < 4.78 is 0. The van der Waals surface area contributed by atoms with E-state index in [1.165, 1.54) is 16.9 Å². The molecule has 2 rings (SSSR count).